The molecule has 3 nitrogen and oxygen atoms in total. The minimum absolute atomic E-state index is 0. The van der Waals surface area contributed by atoms with E-state index in [9.17, 15) is 13.0 Å². The Balaban J connectivity index is 0. The Morgan fingerprint density at radius 3 is 1.71 bits per heavy atom. The Kier molecular flexibility index (Phi) is 7.37. The average Bonchev–Trinajstić information content (AvgIpc) is 1.35. The van der Waals surface area contributed by atoms with Gasteiger partial charge in [-0.3, -0.25) is 0 Å². The Morgan fingerprint density at radius 1 is 1.57 bits per heavy atom. The predicted octanol–water partition coefficient (Wildman–Crippen LogP) is -3.07. The van der Waals surface area contributed by atoms with Crippen LogP contribution in [0, 0.1) is 0 Å². The van der Waals surface area contributed by atoms with Crippen molar-refractivity contribution >= 4 is 32.7 Å². The summed E-state index contributed by atoms with van der Waals surface area (Å²) in [4.78, 5) is 0. The van der Waals surface area contributed by atoms with Crippen molar-refractivity contribution in [2.24, 2.45) is 0 Å². The smallest absolute Gasteiger partial charge is 0.747 e. The van der Waals surface area contributed by atoms with E-state index in [1.165, 1.54) is 22.6 Å². The maximum absolute atomic E-state index is 9.44. The fourth-order valence-corrected chi connectivity index (χ4v) is 0. The van der Waals surface area contributed by atoms with Crippen molar-refractivity contribution in [3.05, 3.63) is 0 Å². The Bertz CT molecular complexity index is 117. The summed E-state index contributed by atoms with van der Waals surface area (Å²) >= 11 is 1.49. The molecule has 0 aromatic heterocycles. The summed E-state index contributed by atoms with van der Waals surface area (Å²) in [5.74, 6) is 0. The van der Waals surface area contributed by atoms with Gasteiger partial charge in [0.2, 0.25) is 0 Å². The molecule has 6 heteroatoms. The minimum Gasteiger partial charge on any atom is -0.747 e. The molecule has 0 radical (unpaired) electrons. The molecule has 0 atom stereocenters. The van der Waals surface area contributed by atoms with Crippen LogP contribution in [-0.4, -0.2) is 16.7 Å². The fourth-order valence-electron chi connectivity index (χ4n) is 0. The number of alkyl halides is 1. The van der Waals surface area contributed by atoms with E-state index in [-0.39, 0.29) is 33.3 Å². The van der Waals surface area contributed by atoms with E-state index < -0.39 is 10.1 Å². The van der Waals surface area contributed by atoms with Crippen LogP contribution in [-0.2, 0) is 10.1 Å². The summed E-state index contributed by atoms with van der Waals surface area (Å²) in [5.41, 5.74) is 0. The molecular formula is CH2INaO3S. The quantitative estimate of drug-likeness (QED) is 0.213. The van der Waals surface area contributed by atoms with Gasteiger partial charge in [-0.25, -0.2) is 8.42 Å². The topological polar surface area (TPSA) is 57.2 Å². The van der Waals surface area contributed by atoms with Crippen molar-refractivity contribution < 1.29 is 42.5 Å². The van der Waals surface area contributed by atoms with E-state index in [0.29, 0.717) is 0 Å². The van der Waals surface area contributed by atoms with Crippen LogP contribution in [0.1, 0.15) is 0 Å². The minimum atomic E-state index is -3.93. The fraction of sp³-hybridized carbons (Fsp3) is 1.00. The van der Waals surface area contributed by atoms with Crippen LogP contribution in [0.25, 0.3) is 0 Å². The van der Waals surface area contributed by atoms with Crippen molar-refractivity contribution in [1.29, 1.82) is 0 Å². The zero-order chi connectivity index (χ0) is 5.21. The molecule has 0 aliphatic carbocycles. The second-order valence-corrected chi connectivity index (χ2v) is 3.87. The summed E-state index contributed by atoms with van der Waals surface area (Å²) in [6, 6.07) is 0. The zero-order valence-electron chi connectivity index (χ0n) is 3.72. The van der Waals surface area contributed by atoms with E-state index in [2.05, 4.69) is 0 Å². The number of rotatable bonds is 1. The SMILES string of the molecule is O=S(=O)([O-])CI.[Na+]. The van der Waals surface area contributed by atoms with Crippen molar-refractivity contribution in [1.82, 2.24) is 0 Å². The second kappa shape index (κ2) is 4.51. The van der Waals surface area contributed by atoms with E-state index in [4.69, 9.17) is 0 Å². The van der Waals surface area contributed by atoms with Gasteiger partial charge in [-0.2, -0.15) is 0 Å². The molecule has 0 fully saturated rings. The van der Waals surface area contributed by atoms with E-state index in [0.717, 1.165) is 0 Å². The molecule has 0 bridgehead atoms. The van der Waals surface area contributed by atoms with E-state index >= 15 is 0 Å². The Morgan fingerprint density at radius 2 is 1.71 bits per heavy atom. The third kappa shape index (κ3) is 11.3. The largest absolute Gasteiger partial charge is 1.00 e. The third-order valence-electron chi connectivity index (χ3n) is 0.134. The molecule has 0 aromatic rings. The van der Waals surface area contributed by atoms with Gasteiger partial charge in [0.25, 0.3) is 0 Å². The molecule has 0 aromatic carbocycles. The van der Waals surface area contributed by atoms with Gasteiger partial charge in [-0.15, -0.1) is 0 Å². The van der Waals surface area contributed by atoms with Gasteiger partial charge in [-0.1, -0.05) is 22.6 Å². The molecule has 0 unspecified atom stereocenters. The zero-order valence-corrected chi connectivity index (χ0v) is 8.69. The predicted molar refractivity (Wildman–Crippen MR) is 28.6 cm³/mol. The van der Waals surface area contributed by atoms with Gasteiger partial charge in [0.05, 0.1) is 3.76 Å². The molecule has 0 rings (SSSR count). The first-order chi connectivity index (χ1) is 2.56. The van der Waals surface area contributed by atoms with Gasteiger partial charge in [0.1, 0.15) is 10.1 Å². The van der Waals surface area contributed by atoms with Crippen LogP contribution in [0.15, 0.2) is 0 Å². The van der Waals surface area contributed by atoms with Crippen molar-refractivity contribution in [2.75, 3.05) is 3.76 Å². The summed E-state index contributed by atoms with van der Waals surface area (Å²) in [7, 11) is -3.93. The molecular weight excluding hydrogens is 242 g/mol. The van der Waals surface area contributed by atoms with Crippen LogP contribution in [0.5, 0.6) is 0 Å². The first-order valence-corrected chi connectivity index (χ1v) is 4.16. The van der Waals surface area contributed by atoms with Crippen molar-refractivity contribution in [2.45, 2.75) is 0 Å². The molecule has 0 aliphatic heterocycles. The standard InChI is InChI=1S/CH3IO3S.Na/c2-1-6(3,4)5;/h1H2,(H,3,4,5);/q;+1/p-1. The van der Waals surface area contributed by atoms with Crippen LogP contribution in [0.2, 0.25) is 0 Å². The maximum Gasteiger partial charge on any atom is 1.00 e. The summed E-state index contributed by atoms with van der Waals surface area (Å²) < 4.78 is 28.0. The third-order valence-corrected chi connectivity index (χ3v) is 2.69. The summed E-state index contributed by atoms with van der Waals surface area (Å²) in [6.45, 7) is 0. The summed E-state index contributed by atoms with van der Waals surface area (Å²) in [6.07, 6.45) is 0. The van der Waals surface area contributed by atoms with Crippen molar-refractivity contribution in [3.8, 4) is 0 Å². The Labute approximate surface area is 78.0 Å². The molecule has 0 aliphatic rings. The number of halogens is 1. The second-order valence-electron chi connectivity index (χ2n) is 0.667. The van der Waals surface area contributed by atoms with Crippen molar-refractivity contribution in [3.63, 3.8) is 0 Å². The monoisotopic (exact) mass is 244 g/mol. The van der Waals surface area contributed by atoms with Crippen LogP contribution in [0.4, 0.5) is 0 Å². The van der Waals surface area contributed by atoms with Crippen LogP contribution >= 0.6 is 22.6 Å². The molecule has 0 saturated carbocycles. The molecule has 38 valence electrons. The van der Waals surface area contributed by atoms with Gasteiger partial charge in [-0.05, 0) is 0 Å². The van der Waals surface area contributed by atoms with Gasteiger partial charge < -0.3 is 4.55 Å². The molecule has 0 heterocycles. The molecule has 0 N–H and O–H groups in total. The molecule has 0 amide bonds. The molecule has 7 heavy (non-hydrogen) atoms. The average molecular weight is 244 g/mol. The normalized spacial score (nSPS) is 10.0. The summed E-state index contributed by atoms with van der Waals surface area (Å²) in [5, 5.41) is 0. The number of hydrogen-bond donors (Lipinski definition) is 0. The van der Waals surface area contributed by atoms with Gasteiger partial charge in [0, 0.05) is 0 Å². The first kappa shape index (κ1) is 11.4. The maximum atomic E-state index is 9.44. The van der Waals surface area contributed by atoms with E-state index in [1.807, 2.05) is 0 Å². The molecule has 0 saturated heterocycles. The van der Waals surface area contributed by atoms with Gasteiger partial charge >= 0.3 is 29.6 Å². The first-order valence-electron chi connectivity index (χ1n) is 1.06. The van der Waals surface area contributed by atoms with Crippen LogP contribution < -0.4 is 29.6 Å². The number of hydrogen-bond acceptors (Lipinski definition) is 3. The van der Waals surface area contributed by atoms with Gasteiger partial charge in [0.15, 0.2) is 0 Å². The Hall–Kier alpha value is 1.64. The van der Waals surface area contributed by atoms with E-state index in [1.54, 1.807) is 0 Å². The van der Waals surface area contributed by atoms with Crippen LogP contribution in [0.3, 0.4) is 0 Å². The molecule has 0 spiro atoms.